The Morgan fingerprint density at radius 3 is 2.95 bits per heavy atom. The van der Waals surface area contributed by atoms with Crippen LogP contribution in [0.1, 0.15) is 24.4 Å². The monoisotopic (exact) mass is 262 g/mol. The third-order valence-electron chi connectivity index (χ3n) is 3.17. The molecule has 2 aromatic rings. The van der Waals surface area contributed by atoms with Crippen LogP contribution < -0.4 is 9.47 Å². The Balaban J connectivity index is 1.71. The topological polar surface area (TPSA) is 36.3 Å². The fourth-order valence-corrected chi connectivity index (χ4v) is 1.96. The van der Waals surface area contributed by atoms with Crippen molar-refractivity contribution in [1.29, 1.82) is 0 Å². The highest BCUT2D eigenvalue weighted by Crippen LogP contribution is 2.34. The molecule has 0 unspecified atom stereocenters. The zero-order chi connectivity index (χ0) is 13.2. The second-order valence-corrected chi connectivity index (χ2v) is 4.57. The molecule has 1 heterocycles. The number of hydrogen-bond acceptors (Lipinski definition) is 3. The molecule has 1 fully saturated rings. The second-order valence-electron chi connectivity index (χ2n) is 4.57. The van der Waals surface area contributed by atoms with E-state index in [0.29, 0.717) is 23.2 Å². The predicted octanol–water partition coefficient (Wildman–Crippen LogP) is 2.94. The molecular formula is C14H15FN2O2. The fourth-order valence-electron chi connectivity index (χ4n) is 1.96. The van der Waals surface area contributed by atoms with Crippen molar-refractivity contribution in [2.75, 3.05) is 7.11 Å². The highest BCUT2D eigenvalue weighted by Gasteiger charge is 2.24. The van der Waals surface area contributed by atoms with Gasteiger partial charge in [0.2, 0.25) is 5.88 Å². The van der Waals surface area contributed by atoms with Crippen molar-refractivity contribution in [2.45, 2.75) is 25.5 Å². The van der Waals surface area contributed by atoms with Crippen LogP contribution in [-0.4, -0.2) is 16.9 Å². The zero-order valence-electron chi connectivity index (χ0n) is 10.7. The lowest BCUT2D eigenvalue weighted by atomic mass is 10.2. The quantitative estimate of drug-likeness (QED) is 0.831. The average Bonchev–Trinajstić information content (AvgIpc) is 3.17. The molecular weight excluding hydrogens is 247 g/mol. The van der Waals surface area contributed by atoms with E-state index in [2.05, 4.69) is 5.10 Å². The molecule has 0 aliphatic heterocycles. The van der Waals surface area contributed by atoms with Crippen LogP contribution in [0.5, 0.6) is 11.6 Å². The molecule has 0 atom stereocenters. The SMILES string of the molecule is COc1cccc(F)c1COc1ccn(C2CC2)n1. The smallest absolute Gasteiger partial charge is 0.233 e. The van der Waals surface area contributed by atoms with Crippen LogP contribution in [0.4, 0.5) is 4.39 Å². The number of nitrogens with zero attached hydrogens (tertiary/aromatic N) is 2. The van der Waals surface area contributed by atoms with Crippen LogP contribution in [0.2, 0.25) is 0 Å². The Labute approximate surface area is 110 Å². The first-order valence-corrected chi connectivity index (χ1v) is 6.27. The second kappa shape index (κ2) is 4.91. The van der Waals surface area contributed by atoms with Crippen molar-refractivity contribution in [3.05, 3.63) is 41.8 Å². The molecule has 0 amide bonds. The van der Waals surface area contributed by atoms with Gasteiger partial charge in [-0.3, -0.25) is 4.68 Å². The summed E-state index contributed by atoms with van der Waals surface area (Å²) in [5.41, 5.74) is 0.408. The summed E-state index contributed by atoms with van der Waals surface area (Å²) in [6.07, 6.45) is 4.23. The first-order chi connectivity index (χ1) is 9.28. The Kier molecular flexibility index (Phi) is 3.11. The molecule has 100 valence electrons. The molecule has 3 rings (SSSR count). The number of ether oxygens (including phenoxy) is 2. The molecule has 1 saturated carbocycles. The summed E-state index contributed by atoms with van der Waals surface area (Å²) in [4.78, 5) is 0. The van der Waals surface area contributed by atoms with Crippen LogP contribution in [0.3, 0.4) is 0 Å². The normalized spacial score (nSPS) is 14.4. The van der Waals surface area contributed by atoms with Gasteiger partial charge >= 0.3 is 0 Å². The standard InChI is InChI=1S/C14H15FN2O2/c1-18-13-4-2-3-12(15)11(13)9-19-14-7-8-17(16-14)10-5-6-10/h2-4,7-8,10H,5-6,9H2,1H3. The van der Waals surface area contributed by atoms with Gasteiger partial charge in [-0.15, -0.1) is 5.10 Å². The maximum Gasteiger partial charge on any atom is 0.233 e. The number of rotatable bonds is 5. The summed E-state index contributed by atoms with van der Waals surface area (Å²) in [6, 6.07) is 7.03. The predicted molar refractivity (Wildman–Crippen MR) is 67.8 cm³/mol. The van der Waals surface area contributed by atoms with Crippen molar-refractivity contribution in [1.82, 2.24) is 9.78 Å². The van der Waals surface area contributed by atoms with E-state index in [4.69, 9.17) is 9.47 Å². The number of benzene rings is 1. The summed E-state index contributed by atoms with van der Waals surface area (Å²) in [5, 5.41) is 4.30. The van der Waals surface area contributed by atoms with E-state index >= 15 is 0 Å². The van der Waals surface area contributed by atoms with Gasteiger partial charge in [0, 0.05) is 12.3 Å². The van der Waals surface area contributed by atoms with Gasteiger partial charge in [-0.05, 0) is 25.0 Å². The van der Waals surface area contributed by atoms with Gasteiger partial charge < -0.3 is 9.47 Å². The minimum absolute atomic E-state index is 0.109. The molecule has 0 N–H and O–H groups in total. The maximum absolute atomic E-state index is 13.7. The van der Waals surface area contributed by atoms with Crippen LogP contribution in [0.25, 0.3) is 0 Å². The molecule has 0 radical (unpaired) electrons. The van der Waals surface area contributed by atoms with E-state index in [1.165, 1.54) is 26.0 Å². The highest BCUT2D eigenvalue weighted by molar-refractivity contribution is 5.34. The molecule has 0 saturated heterocycles. The van der Waals surface area contributed by atoms with Crippen molar-refractivity contribution in [3.63, 3.8) is 0 Å². The third-order valence-corrected chi connectivity index (χ3v) is 3.17. The fraction of sp³-hybridized carbons (Fsp3) is 0.357. The molecule has 0 spiro atoms. The molecule has 19 heavy (non-hydrogen) atoms. The molecule has 1 aliphatic carbocycles. The van der Waals surface area contributed by atoms with Crippen molar-refractivity contribution in [2.24, 2.45) is 0 Å². The molecule has 1 aliphatic rings. The van der Waals surface area contributed by atoms with Gasteiger partial charge in [-0.1, -0.05) is 6.07 Å². The van der Waals surface area contributed by atoms with Crippen LogP contribution in [0, 0.1) is 5.82 Å². The first kappa shape index (κ1) is 12.0. The molecule has 5 heteroatoms. The van der Waals surface area contributed by atoms with Crippen LogP contribution in [0.15, 0.2) is 30.5 Å². The number of methoxy groups -OCH3 is 1. The van der Waals surface area contributed by atoms with Gasteiger partial charge in [0.1, 0.15) is 18.2 Å². The lowest BCUT2D eigenvalue weighted by Gasteiger charge is -2.09. The molecule has 0 bridgehead atoms. The molecule has 1 aromatic heterocycles. The minimum Gasteiger partial charge on any atom is -0.496 e. The highest BCUT2D eigenvalue weighted by atomic mass is 19.1. The lowest BCUT2D eigenvalue weighted by Crippen LogP contribution is -2.02. The number of halogens is 1. The van der Waals surface area contributed by atoms with Crippen molar-refractivity contribution >= 4 is 0 Å². The molecule has 4 nitrogen and oxygen atoms in total. The average molecular weight is 262 g/mol. The van der Waals surface area contributed by atoms with Gasteiger partial charge in [0.25, 0.3) is 0 Å². The summed E-state index contributed by atoms with van der Waals surface area (Å²) < 4.78 is 26.2. The number of hydrogen-bond donors (Lipinski definition) is 0. The maximum atomic E-state index is 13.7. The van der Waals surface area contributed by atoms with E-state index in [1.807, 2.05) is 10.9 Å². The van der Waals surface area contributed by atoms with E-state index in [9.17, 15) is 4.39 Å². The van der Waals surface area contributed by atoms with Gasteiger partial charge in [-0.25, -0.2) is 4.39 Å². The zero-order valence-corrected chi connectivity index (χ0v) is 10.7. The van der Waals surface area contributed by atoms with E-state index in [-0.39, 0.29) is 12.4 Å². The van der Waals surface area contributed by atoms with Crippen LogP contribution >= 0.6 is 0 Å². The summed E-state index contributed by atoms with van der Waals surface area (Å²) in [7, 11) is 1.51. The third kappa shape index (κ3) is 2.54. The Bertz CT molecular complexity index is 579. The van der Waals surface area contributed by atoms with Crippen molar-refractivity contribution in [3.8, 4) is 11.6 Å². The van der Waals surface area contributed by atoms with E-state index in [1.54, 1.807) is 18.2 Å². The number of aromatic nitrogens is 2. The van der Waals surface area contributed by atoms with Gasteiger partial charge in [0.15, 0.2) is 0 Å². The van der Waals surface area contributed by atoms with Gasteiger partial charge in [0.05, 0.1) is 18.7 Å². The summed E-state index contributed by atoms with van der Waals surface area (Å²) in [6.45, 7) is 0.109. The lowest BCUT2D eigenvalue weighted by molar-refractivity contribution is 0.275. The van der Waals surface area contributed by atoms with Crippen LogP contribution in [-0.2, 0) is 6.61 Å². The largest absolute Gasteiger partial charge is 0.496 e. The van der Waals surface area contributed by atoms with E-state index in [0.717, 1.165) is 0 Å². The first-order valence-electron chi connectivity index (χ1n) is 6.27. The summed E-state index contributed by atoms with van der Waals surface area (Å²) in [5.74, 6) is 0.666. The van der Waals surface area contributed by atoms with Gasteiger partial charge in [-0.2, -0.15) is 0 Å². The molecule has 1 aromatic carbocycles. The summed E-state index contributed by atoms with van der Waals surface area (Å²) >= 11 is 0. The Hall–Kier alpha value is -2.04. The Morgan fingerprint density at radius 1 is 1.37 bits per heavy atom. The minimum atomic E-state index is -0.332. The van der Waals surface area contributed by atoms with E-state index < -0.39 is 0 Å². The van der Waals surface area contributed by atoms with Crippen molar-refractivity contribution < 1.29 is 13.9 Å². The Morgan fingerprint density at radius 2 is 2.21 bits per heavy atom.